The molecule has 5 heteroatoms. The van der Waals surface area contributed by atoms with Gasteiger partial charge in [0.15, 0.2) is 0 Å². The van der Waals surface area contributed by atoms with Gasteiger partial charge in [-0.2, -0.15) is 0 Å². The number of nitrogens with zero attached hydrogens (tertiary/aromatic N) is 1. The van der Waals surface area contributed by atoms with Crippen LogP contribution < -0.4 is 0 Å². The number of aromatic amines is 1. The van der Waals surface area contributed by atoms with Gasteiger partial charge in [-0.25, -0.2) is 0 Å². The molecule has 0 aliphatic rings. The number of rotatable bonds is 5. The average molecular weight is 302 g/mol. The monoisotopic (exact) mass is 302 g/mol. The highest BCUT2D eigenvalue weighted by atomic mass is 16.4. The van der Waals surface area contributed by atoms with E-state index < -0.39 is 5.97 Å². The van der Waals surface area contributed by atoms with Crippen LogP contribution >= 0.6 is 0 Å². The number of amides is 1. The van der Waals surface area contributed by atoms with Crippen molar-refractivity contribution in [3.63, 3.8) is 0 Å². The summed E-state index contributed by atoms with van der Waals surface area (Å²) in [6, 6.07) is 5.74. The molecular formula is C17H22N2O3. The summed E-state index contributed by atoms with van der Waals surface area (Å²) in [5.74, 6) is -1.28. The molecule has 1 aromatic carbocycles. The highest BCUT2D eigenvalue weighted by Gasteiger charge is 2.24. The van der Waals surface area contributed by atoms with Gasteiger partial charge in [-0.1, -0.05) is 13.0 Å². The number of hydrogen-bond acceptors (Lipinski definition) is 2. The van der Waals surface area contributed by atoms with Crippen molar-refractivity contribution < 1.29 is 14.7 Å². The first-order valence-corrected chi connectivity index (χ1v) is 7.46. The minimum Gasteiger partial charge on any atom is -0.480 e. The summed E-state index contributed by atoms with van der Waals surface area (Å²) in [4.78, 5) is 28.2. The van der Waals surface area contributed by atoms with Crippen molar-refractivity contribution in [2.75, 3.05) is 6.54 Å². The predicted molar refractivity (Wildman–Crippen MR) is 86.2 cm³/mol. The maximum atomic E-state index is 12.7. The topological polar surface area (TPSA) is 73.4 Å². The summed E-state index contributed by atoms with van der Waals surface area (Å²) < 4.78 is 0. The number of aliphatic carboxylic acids is 1. The van der Waals surface area contributed by atoms with Crippen LogP contribution in [-0.2, 0) is 4.79 Å². The molecule has 0 bridgehead atoms. The Morgan fingerprint density at radius 1 is 1.27 bits per heavy atom. The van der Waals surface area contributed by atoms with Crippen LogP contribution in [0.15, 0.2) is 18.2 Å². The van der Waals surface area contributed by atoms with Crippen molar-refractivity contribution in [1.82, 2.24) is 9.88 Å². The fourth-order valence-electron chi connectivity index (χ4n) is 2.66. The highest BCUT2D eigenvalue weighted by Crippen LogP contribution is 2.22. The fraction of sp³-hybridized carbons (Fsp3) is 0.412. The Kier molecular flexibility index (Phi) is 4.54. The summed E-state index contributed by atoms with van der Waals surface area (Å²) in [7, 11) is 0. The van der Waals surface area contributed by atoms with Crippen LogP contribution in [0.1, 0.15) is 41.9 Å². The lowest BCUT2D eigenvalue weighted by Gasteiger charge is -2.26. The smallest absolute Gasteiger partial charge is 0.323 e. The summed E-state index contributed by atoms with van der Waals surface area (Å²) in [6.07, 6.45) is 0.706. The molecule has 2 aromatic rings. The zero-order chi connectivity index (χ0) is 16.4. The standard InChI is InChI=1S/C17H22N2O3/c1-5-12(4)19(9-16(20)21)17(22)15-8-13-11(3)6-10(2)7-14(13)18-15/h6-8,12,18H,5,9H2,1-4H3,(H,20,21). The van der Waals surface area contributed by atoms with Gasteiger partial charge >= 0.3 is 5.97 Å². The molecule has 22 heavy (non-hydrogen) atoms. The van der Waals surface area contributed by atoms with E-state index >= 15 is 0 Å². The third-order valence-electron chi connectivity index (χ3n) is 4.01. The van der Waals surface area contributed by atoms with E-state index in [-0.39, 0.29) is 18.5 Å². The van der Waals surface area contributed by atoms with Crippen LogP contribution in [0.4, 0.5) is 0 Å². The van der Waals surface area contributed by atoms with E-state index in [9.17, 15) is 9.59 Å². The molecule has 0 saturated heterocycles. The summed E-state index contributed by atoms with van der Waals surface area (Å²) in [6.45, 7) is 7.51. The quantitative estimate of drug-likeness (QED) is 0.891. The lowest BCUT2D eigenvalue weighted by molar-refractivity contribution is -0.138. The fourth-order valence-corrected chi connectivity index (χ4v) is 2.66. The largest absolute Gasteiger partial charge is 0.480 e. The molecule has 2 rings (SSSR count). The predicted octanol–water partition coefficient (Wildman–Crippen LogP) is 3.11. The highest BCUT2D eigenvalue weighted by molar-refractivity contribution is 6.00. The van der Waals surface area contributed by atoms with E-state index in [1.54, 1.807) is 0 Å². The minimum atomic E-state index is -1.00. The maximum absolute atomic E-state index is 12.7. The molecule has 0 fully saturated rings. The van der Waals surface area contributed by atoms with Gasteiger partial charge in [-0.15, -0.1) is 0 Å². The average Bonchev–Trinajstić information content (AvgIpc) is 2.87. The van der Waals surface area contributed by atoms with Crippen LogP contribution in [0.2, 0.25) is 0 Å². The SMILES string of the molecule is CCC(C)N(CC(=O)O)C(=O)c1cc2c(C)cc(C)cc2[nH]1. The molecule has 118 valence electrons. The van der Waals surface area contributed by atoms with Gasteiger partial charge in [0.05, 0.1) is 0 Å². The molecule has 1 aromatic heterocycles. The van der Waals surface area contributed by atoms with Crippen LogP contribution in [-0.4, -0.2) is 39.5 Å². The number of hydrogen-bond donors (Lipinski definition) is 2. The van der Waals surface area contributed by atoms with Crippen LogP contribution in [0.5, 0.6) is 0 Å². The van der Waals surface area contributed by atoms with Gasteiger partial charge in [0.25, 0.3) is 5.91 Å². The Labute approximate surface area is 129 Å². The van der Waals surface area contributed by atoms with Crippen LogP contribution in [0.3, 0.4) is 0 Å². The van der Waals surface area contributed by atoms with Crippen molar-refractivity contribution in [1.29, 1.82) is 0 Å². The number of carboxylic acid groups (broad SMARTS) is 1. The zero-order valence-electron chi connectivity index (χ0n) is 13.4. The summed E-state index contributed by atoms with van der Waals surface area (Å²) in [5, 5.41) is 10.0. The Morgan fingerprint density at radius 2 is 1.95 bits per heavy atom. The summed E-state index contributed by atoms with van der Waals surface area (Å²) in [5.41, 5.74) is 3.55. The second-order valence-corrected chi connectivity index (χ2v) is 5.81. The number of carbonyl (C=O) groups excluding carboxylic acids is 1. The lowest BCUT2D eigenvalue weighted by atomic mass is 10.1. The van der Waals surface area contributed by atoms with E-state index in [1.807, 2.05) is 39.8 Å². The van der Waals surface area contributed by atoms with E-state index in [0.717, 1.165) is 22.0 Å². The number of carbonyl (C=O) groups is 2. The van der Waals surface area contributed by atoms with Gasteiger partial charge in [0.1, 0.15) is 12.2 Å². The molecule has 5 nitrogen and oxygen atoms in total. The molecular weight excluding hydrogens is 280 g/mol. The van der Waals surface area contributed by atoms with Crippen LogP contribution in [0.25, 0.3) is 10.9 Å². The van der Waals surface area contributed by atoms with Gasteiger partial charge in [0.2, 0.25) is 0 Å². The molecule has 1 unspecified atom stereocenters. The van der Waals surface area contributed by atoms with E-state index in [1.165, 1.54) is 4.90 Å². The molecule has 1 heterocycles. The number of fused-ring (bicyclic) bond motifs is 1. The molecule has 1 atom stereocenters. The van der Waals surface area contributed by atoms with Crippen molar-refractivity contribution in [2.24, 2.45) is 0 Å². The second-order valence-electron chi connectivity index (χ2n) is 5.81. The Balaban J connectivity index is 2.42. The van der Waals surface area contributed by atoms with Gasteiger partial charge in [-0.3, -0.25) is 9.59 Å². The van der Waals surface area contributed by atoms with E-state index in [4.69, 9.17) is 5.11 Å². The van der Waals surface area contributed by atoms with E-state index in [2.05, 4.69) is 11.1 Å². The first-order valence-electron chi connectivity index (χ1n) is 7.46. The third kappa shape index (κ3) is 3.13. The van der Waals surface area contributed by atoms with Gasteiger partial charge in [0, 0.05) is 16.9 Å². The van der Waals surface area contributed by atoms with Gasteiger partial charge in [-0.05, 0) is 50.5 Å². The van der Waals surface area contributed by atoms with Crippen molar-refractivity contribution >= 4 is 22.8 Å². The first-order chi connectivity index (χ1) is 10.3. The maximum Gasteiger partial charge on any atom is 0.323 e. The van der Waals surface area contributed by atoms with Crippen LogP contribution in [0, 0.1) is 13.8 Å². The minimum absolute atomic E-state index is 0.127. The van der Waals surface area contributed by atoms with E-state index in [0.29, 0.717) is 12.1 Å². The van der Waals surface area contributed by atoms with Crippen molar-refractivity contribution in [3.05, 3.63) is 35.0 Å². The van der Waals surface area contributed by atoms with Crippen molar-refractivity contribution in [3.8, 4) is 0 Å². The Hall–Kier alpha value is -2.30. The Bertz CT molecular complexity index is 718. The molecule has 0 saturated carbocycles. The number of benzene rings is 1. The molecule has 2 N–H and O–H groups in total. The molecule has 0 spiro atoms. The number of H-pyrrole nitrogens is 1. The number of nitrogens with one attached hydrogen (secondary N) is 1. The third-order valence-corrected chi connectivity index (χ3v) is 4.01. The van der Waals surface area contributed by atoms with Gasteiger partial charge < -0.3 is 15.0 Å². The number of carboxylic acids is 1. The number of aromatic nitrogens is 1. The molecule has 0 radical (unpaired) electrons. The van der Waals surface area contributed by atoms with Crippen molar-refractivity contribution in [2.45, 2.75) is 40.2 Å². The first kappa shape index (κ1) is 16.1. The molecule has 0 aliphatic heterocycles. The zero-order valence-corrected chi connectivity index (χ0v) is 13.4. The second kappa shape index (κ2) is 6.22. The normalized spacial score (nSPS) is 12.4. The Morgan fingerprint density at radius 3 is 2.55 bits per heavy atom. The lowest BCUT2D eigenvalue weighted by Crippen LogP contribution is -2.42. The number of aryl methyl sites for hydroxylation is 2. The molecule has 0 aliphatic carbocycles. The summed E-state index contributed by atoms with van der Waals surface area (Å²) >= 11 is 0. The molecule has 1 amide bonds.